The van der Waals surface area contributed by atoms with E-state index < -0.39 is 0 Å². The van der Waals surface area contributed by atoms with Crippen molar-refractivity contribution in [2.75, 3.05) is 19.0 Å². The van der Waals surface area contributed by atoms with Gasteiger partial charge in [0.25, 0.3) is 0 Å². The number of halogens is 3. The normalized spacial score (nSPS) is 10.6. The van der Waals surface area contributed by atoms with Gasteiger partial charge in [-0.2, -0.15) is 0 Å². The van der Waals surface area contributed by atoms with Crippen molar-refractivity contribution in [1.29, 1.82) is 0 Å². The molecule has 0 aliphatic carbocycles. The number of benzene rings is 3. The zero-order valence-corrected chi connectivity index (χ0v) is 19.8. The van der Waals surface area contributed by atoms with Gasteiger partial charge in [-0.1, -0.05) is 35.3 Å². The quantitative estimate of drug-likeness (QED) is 0.326. The summed E-state index contributed by atoms with van der Waals surface area (Å²) >= 11 is 15.9. The number of methoxy groups -OCH3 is 1. The molecule has 1 N–H and O–H groups in total. The summed E-state index contributed by atoms with van der Waals surface area (Å²) in [7, 11) is 1.59. The summed E-state index contributed by atoms with van der Waals surface area (Å²) in [4.78, 5) is 0. The minimum Gasteiger partial charge on any atom is -0.495 e. The molecule has 0 atom stereocenters. The Morgan fingerprint density at radius 3 is 2.47 bits per heavy atom. The van der Waals surface area contributed by atoms with E-state index in [-0.39, 0.29) is 0 Å². The van der Waals surface area contributed by atoms with Gasteiger partial charge in [-0.3, -0.25) is 0 Å². The molecule has 0 unspecified atom stereocenters. The van der Waals surface area contributed by atoms with Crippen molar-refractivity contribution < 1.29 is 14.2 Å². The molecule has 0 aromatic heterocycles. The molecule has 0 saturated carbocycles. The van der Waals surface area contributed by atoms with Crippen LogP contribution in [-0.4, -0.2) is 13.7 Å². The van der Waals surface area contributed by atoms with Crippen molar-refractivity contribution in [3.63, 3.8) is 0 Å². The van der Waals surface area contributed by atoms with E-state index in [2.05, 4.69) is 21.2 Å². The molecule has 158 valence electrons. The van der Waals surface area contributed by atoms with Gasteiger partial charge in [0.2, 0.25) is 0 Å². The number of rotatable bonds is 9. The predicted molar refractivity (Wildman–Crippen MR) is 126 cm³/mol. The maximum Gasteiger partial charge on any atom is 0.175 e. The molecule has 0 fully saturated rings. The number of hydrogen-bond acceptors (Lipinski definition) is 4. The Labute approximate surface area is 195 Å². The Balaban J connectivity index is 1.74. The fourth-order valence-corrected chi connectivity index (χ4v) is 3.96. The van der Waals surface area contributed by atoms with E-state index in [1.807, 2.05) is 61.5 Å². The molecule has 3 aromatic carbocycles. The van der Waals surface area contributed by atoms with Crippen molar-refractivity contribution in [2.45, 2.75) is 20.1 Å². The van der Waals surface area contributed by atoms with E-state index in [1.165, 1.54) is 0 Å². The molecule has 0 spiro atoms. The topological polar surface area (TPSA) is 39.7 Å². The molecule has 0 saturated heterocycles. The average Bonchev–Trinajstić information content (AvgIpc) is 2.72. The fourth-order valence-electron chi connectivity index (χ4n) is 2.89. The van der Waals surface area contributed by atoms with Gasteiger partial charge in [-0.15, -0.1) is 0 Å². The molecule has 0 amide bonds. The first-order valence-corrected chi connectivity index (χ1v) is 10.9. The van der Waals surface area contributed by atoms with Gasteiger partial charge in [-0.05, 0) is 76.4 Å². The minimum absolute atomic E-state index is 0.390. The standard InChI is InChI=1S/C23H22BrCl2NO3/c1-3-29-22-11-16(13-27-18-7-8-21(28-2)20(26)12-18)10-19(24)23(22)30-14-15-5-4-6-17(25)9-15/h4-12,27H,3,13-14H2,1-2H3. The van der Waals surface area contributed by atoms with Crippen LogP contribution in [0.2, 0.25) is 10.0 Å². The van der Waals surface area contributed by atoms with Gasteiger partial charge in [0.05, 0.1) is 23.2 Å². The van der Waals surface area contributed by atoms with Crippen molar-refractivity contribution in [3.05, 3.63) is 80.2 Å². The summed E-state index contributed by atoms with van der Waals surface area (Å²) in [6.45, 7) is 3.46. The molecule has 0 aliphatic rings. The number of hydrogen-bond donors (Lipinski definition) is 1. The second-order valence-electron chi connectivity index (χ2n) is 6.46. The van der Waals surface area contributed by atoms with E-state index in [0.29, 0.717) is 47.1 Å². The van der Waals surface area contributed by atoms with Gasteiger partial charge in [0, 0.05) is 17.3 Å². The molecular formula is C23H22BrCl2NO3. The van der Waals surface area contributed by atoms with Crippen LogP contribution >= 0.6 is 39.1 Å². The van der Waals surface area contributed by atoms with Crippen molar-refractivity contribution in [2.24, 2.45) is 0 Å². The van der Waals surface area contributed by atoms with Crippen LogP contribution in [0.3, 0.4) is 0 Å². The van der Waals surface area contributed by atoms with E-state index in [1.54, 1.807) is 7.11 Å². The Kier molecular flexibility index (Phi) is 8.14. The van der Waals surface area contributed by atoms with E-state index in [9.17, 15) is 0 Å². The van der Waals surface area contributed by atoms with E-state index in [0.717, 1.165) is 21.3 Å². The van der Waals surface area contributed by atoms with Crippen molar-refractivity contribution >= 4 is 44.8 Å². The summed E-state index contributed by atoms with van der Waals surface area (Å²) < 4.78 is 17.9. The number of anilines is 1. The van der Waals surface area contributed by atoms with Gasteiger partial charge >= 0.3 is 0 Å². The molecule has 0 bridgehead atoms. The van der Waals surface area contributed by atoms with Crippen LogP contribution in [0.25, 0.3) is 0 Å². The highest BCUT2D eigenvalue weighted by Gasteiger charge is 2.13. The highest BCUT2D eigenvalue weighted by Crippen LogP contribution is 2.38. The third-order valence-corrected chi connectivity index (χ3v) is 5.41. The van der Waals surface area contributed by atoms with Crippen LogP contribution in [-0.2, 0) is 13.2 Å². The second kappa shape index (κ2) is 10.8. The monoisotopic (exact) mass is 509 g/mol. The average molecular weight is 511 g/mol. The zero-order valence-electron chi connectivity index (χ0n) is 16.7. The summed E-state index contributed by atoms with van der Waals surface area (Å²) in [6.07, 6.45) is 0. The van der Waals surface area contributed by atoms with Gasteiger partial charge in [0.15, 0.2) is 11.5 Å². The molecule has 0 radical (unpaired) electrons. The van der Waals surface area contributed by atoms with Crippen molar-refractivity contribution in [1.82, 2.24) is 0 Å². The third kappa shape index (κ3) is 5.97. The van der Waals surface area contributed by atoms with Crippen LogP contribution < -0.4 is 19.5 Å². The number of ether oxygens (including phenoxy) is 3. The third-order valence-electron chi connectivity index (χ3n) is 4.29. The zero-order chi connectivity index (χ0) is 21.5. The minimum atomic E-state index is 0.390. The maximum absolute atomic E-state index is 6.20. The van der Waals surface area contributed by atoms with E-state index in [4.69, 9.17) is 37.4 Å². The first-order valence-electron chi connectivity index (χ1n) is 9.40. The van der Waals surface area contributed by atoms with Crippen LogP contribution in [0.15, 0.2) is 59.1 Å². The molecule has 0 heterocycles. The fraction of sp³-hybridized carbons (Fsp3) is 0.217. The van der Waals surface area contributed by atoms with Gasteiger partial charge in [-0.25, -0.2) is 0 Å². The predicted octanol–water partition coefficient (Wildman–Crippen LogP) is 7.35. The summed E-state index contributed by atoms with van der Waals surface area (Å²) in [5.41, 5.74) is 2.92. The maximum atomic E-state index is 6.20. The first kappa shape index (κ1) is 22.6. The van der Waals surface area contributed by atoms with Crippen LogP contribution in [0, 0.1) is 0 Å². The van der Waals surface area contributed by atoms with Gasteiger partial charge in [0.1, 0.15) is 12.4 Å². The summed E-state index contributed by atoms with van der Waals surface area (Å²) in [5, 5.41) is 4.60. The highest BCUT2D eigenvalue weighted by molar-refractivity contribution is 9.10. The largest absolute Gasteiger partial charge is 0.495 e. The molecule has 3 aromatic rings. The lowest BCUT2D eigenvalue weighted by Gasteiger charge is -2.16. The summed E-state index contributed by atoms with van der Waals surface area (Å²) in [5.74, 6) is 1.98. The number of nitrogens with one attached hydrogen (secondary N) is 1. The Hall–Kier alpha value is -2.08. The molecular weight excluding hydrogens is 489 g/mol. The highest BCUT2D eigenvalue weighted by atomic mass is 79.9. The molecule has 3 rings (SSSR count). The molecule has 4 nitrogen and oxygen atoms in total. The smallest absolute Gasteiger partial charge is 0.175 e. The molecule has 30 heavy (non-hydrogen) atoms. The van der Waals surface area contributed by atoms with E-state index >= 15 is 0 Å². The summed E-state index contributed by atoms with van der Waals surface area (Å²) in [6, 6.07) is 17.2. The molecule has 7 heteroatoms. The Morgan fingerprint density at radius 1 is 0.933 bits per heavy atom. The lowest BCUT2D eigenvalue weighted by molar-refractivity contribution is 0.267. The lowest BCUT2D eigenvalue weighted by atomic mass is 10.2. The van der Waals surface area contributed by atoms with Crippen LogP contribution in [0.1, 0.15) is 18.1 Å². The Bertz CT molecular complexity index is 1010. The molecule has 0 aliphatic heterocycles. The SMILES string of the molecule is CCOc1cc(CNc2ccc(OC)c(Cl)c2)cc(Br)c1OCc1cccc(Cl)c1. The lowest BCUT2D eigenvalue weighted by Crippen LogP contribution is -2.04. The Morgan fingerprint density at radius 2 is 1.77 bits per heavy atom. The van der Waals surface area contributed by atoms with Crippen molar-refractivity contribution in [3.8, 4) is 17.2 Å². The van der Waals surface area contributed by atoms with Crippen LogP contribution in [0.5, 0.6) is 17.2 Å². The second-order valence-corrected chi connectivity index (χ2v) is 8.16. The van der Waals surface area contributed by atoms with Gasteiger partial charge < -0.3 is 19.5 Å². The first-order chi connectivity index (χ1) is 14.5. The van der Waals surface area contributed by atoms with Crippen LogP contribution in [0.4, 0.5) is 5.69 Å².